The summed E-state index contributed by atoms with van der Waals surface area (Å²) in [5, 5.41) is 10.3. The van der Waals surface area contributed by atoms with Crippen LogP contribution in [0.1, 0.15) is 23.8 Å². The highest BCUT2D eigenvalue weighted by Gasteiger charge is 2.21. The maximum Gasteiger partial charge on any atom is 0.268 e. The lowest BCUT2D eigenvalue weighted by Crippen LogP contribution is -2.21. The largest absolute Gasteiger partial charge is 0.268 e. The van der Waals surface area contributed by atoms with Crippen LogP contribution in [-0.4, -0.2) is 24.9 Å². The lowest BCUT2D eigenvalue weighted by Gasteiger charge is -2.09. The fraction of sp³-hybridized carbons (Fsp3) is 0.278. The van der Waals surface area contributed by atoms with E-state index in [1.54, 1.807) is 27.7 Å². The second-order valence-electron chi connectivity index (χ2n) is 5.91. The van der Waals surface area contributed by atoms with Crippen molar-refractivity contribution in [1.82, 2.24) is 19.2 Å². The number of para-hydroxylation sites is 1. The highest BCUT2D eigenvalue weighted by Crippen LogP contribution is 2.31. The van der Waals surface area contributed by atoms with Crippen molar-refractivity contribution in [3.63, 3.8) is 0 Å². The number of benzene rings is 1. The van der Waals surface area contributed by atoms with Gasteiger partial charge in [-0.15, -0.1) is 21.5 Å². The summed E-state index contributed by atoms with van der Waals surface area (Å²) in [6.07, 6.45) is 1.06. The van der Waals surface area contributed by atoms with E-state index in [1.807, 2.05) is 41.7 Å². The van der Waals surface area contributed by atoms with Crippen LogP contribution in [0, 0.1) is 13.8 Å². The summed E-state index contributed by atoms with van der Waals surface area (Å²) in [7, 11) is 0. The first-order valence-corrected chi connectivity index (χ1v) is 10.0. The molecule has 0 atom stereocenters. The normalized spacial score (nSPS) is 11.6. The zero-order valence-electron chi connectivity index (χ0n) is 14.3. The molecule has 4 rings (SSSR count). The molecule has 0 N–H and O–H groups in total. The Morgan fingerprint density at radius 2 is 1.92 bits per heavy atom. The summed E-state index contributed by atoms with van der Waals surface area (Å²) in [5.74, 6) is 1.54. The molecule has 0 spiro atoms. The monoisotopic (exact) mass is 370 g/mol. The molecule has 1 aromatic carbocycles. The molecule has 0 amide bonds. The molecule has 3 aromatic heterocycles. The Balaban J connectivity index is 2.17. The molecule has 0 bridgehead atoms. The van der Waals surface area contributed by atoms with Crippen molar-refractivity contribution in [3.8, 4) is 5.69 Å². The number of aryl methyl sites for hydroxylation is 2. The standard InChI is InChI=1S/C18H18N4OS2/c1-4-10-24-18-20-19-17-21(13-8-6-5-7-9-13)15(23)14-11(2)12(3)25-16(14)22(17)18/h5-9H,4,10H2,1-3H3. The Morgan fingerprint density at radius 3 is 2.64 bits per heavy atom. The molecule has 7 heteroatoms. The quantitative estimate of drug-likeness (QED) is 0.505. The Hall–Kier alpha value is -2.12. The SMILES string of the molecule is CCCSc1nnc2n(-c3ccccc3)c(=O)c3c(C)c(C)sc3n12. The van der Waals surface area contributed by atoms with Gasteiger partial charge in [-0.25, -0.2) is 8.97 Å². The van der Waals surface area contributed by atoms with E-state index >= 15 is 0 Å². The Morgan fingerprint density at radius 1 is 1.16 bits per heavy atom. The Labute approximate surface area is 153 Å². The molecule has 0 aliphatic rings. The number of hydrogen-bond donors (Lipinski definition) is 0. The van der Waals surface area contributed by atoms with E-state index in [-0.39, 0.29) is 5.56 Å². The average molecular weight is 371 g/mol. The number of nitrogens with zero attached hydrogens (tertiary/aromatic N) is 4. The first-order valence-electron chi connectivity index (χ1n) is 8.21. The molecule has 5 nitrogen and oxygen atoms in total. The molecule has 0 radical (unpaired) electrons. The van der Waals surface area contributed by atoms with Crippen molar-refractivity contribution in [2.24, 2.45) is 0 Å². The van der Waals surface area contributed by atoms with Crippen LogP contribution >= 0.6 is 23.1 Å². The van der Waals surface area contributed by atoms with Crippen LogP contribution in [0.15, 0.2) is 40.3 Å². The zero-order valence-corrected chi connectivity index (χ0v) is 15.9. The van der Waals surface area contributed by atoms with Crippen LogP contribution in [0.4, 0.5) is 0 Å². The van der Waals surface area contributed by atoms with E-state index in [4.69, 9.17) is 0 Å². The van der Waals surface area contributed by atoms with Gasteiger partial charge in [0.1, 0.15) is 4.83 Å². The minimum absolute atomic E-state index is 0.0324. The van der Waals surface area contributed by atoms with E-state index in [1.165, 1.54) is 0 Å². The predicted molar refractivity (Wildman–Crippen MR) is 104 cm³/mol. The van der Waals surface area contributed by atoms with Crippen LogP contribution in [0.25, 0.3) is 21.7 Å². The van der Waals surface area contributed by atoms with E-state index in [2.05, 4.69) is 24.0 Å². The number of fused-ring (bicyclic) bond motifs is 3. The first kappa shape index (κ1) is 16.4. The van der Waals surface area contributed by atoms with Gasteiger partial charge in [0, 0.05) is 10.6 Å². The van der Waals surface area contributed by atoms with Crippen molar-refractivity contribution in [1.29, 1.82) is 0 Å². The minimum Gasteiger partial charge on any atom is -0.268 e. The van der Waals surface area contributed by atoms with E-state index in [0.29, 0.717) is 5.78 Å². The van der Waals surface area contributed by atoms with Gasteiger partial charge in [0.25, 0.3) is 5.56 Å². The van der Waals surface area contributed by atoms with E-state index < -0.39 is 0 Å². The molecule has 0 saturated heterocycles. The third kappa shape index (κ3) is 2.49. The number of thioether (sulfide) groups is 1. The second-order valence-corrected chi connectivity index (χ2v) is 8.17. The molecule has 4 aromatic rings. The number of rotatable bonds is 4. The first-order chi connectivity index (χ1) is 12.1. The van der Waals surface area contributed by atoms with Gasteiger partial charge in [0.05, 0.1) is 11.1 Å². The molecular weight excluding hydrogens is 352 g/mol. The van der Waals surface area contributed by atoms with Crippen molar-refractivity contribution in [2.45, 2.75) is 32.3 Å². The maximum absolute atomic E-state index is 13.3. The van der Waals surface area contributed by atoms with Crippen molar-refractivity contribution in [2.75, 3.05) is 5.75 Å². The van der Waals surface area contributed by atoms with Gasteiger partial charge in [0.2, 0.25) is 5.78 Å². The maximum atomic E-state index is 13.3. The summed E-state index contributed by atoms with van der Waals surface area (Å²) in [6, 6.07) is 9.65. The third-order valence-electron chi connectivity index (χ3n) is 4.25. The zero-order chi connectivity index (χ0) is 17.6. The van der Waals surface area contributed by atoms with Gasteiger partial charge in [0.15, 0.2) is 5.16 Å². The van der Waals surface area contributed by atoms with E-state index in [0.717, 1.165) is 43.7 Å². The average Bonchev–Trinajstić information content (AvgIpc) is 3.16. The molecule has 128 valence electrons. The number of aromatic nitrogens is 4. The number of hydrogen-bond acceptors (Lipinski definition) is 5. The molecule has 0 aliphatic carbocycles. The van der Waals surface area contributed by atoms with Gasteiger partial charge in [-0.2, -0.15) is 0 Å². The highest BCUT2D eigenvalue weighted by molar-refractivity contribution is 7.99. The molecule has 0 saturated carbocycles. The summed E-state index contributed by atoms with van der Waals surface area (Å²) in [6.45, 7) is 6.21. The highest BCUT2D eigenvalue weighted by atomic mass is 32.2. The van der Waals surface area contributed by atoms with Crippen LogP contribution < -0.4 is 5.56 Å². The summed E-state index contributed by atoms with van der Waals surface area (Å²) in [4.78, 5) is 15.4. The van der Waals surface area contributed by atoms with Crippen molar-refractivity contribution < 1.29 is 0 Å². The lowest BCUT2D eigenvalue weighted by molar-refractivity contribution is 0.932. The number of thiophene rings is 1. The van der Waals surface area contributed by atoms with Gasteiger partial charge in [-0.1, -0.05) is 36.9 Å². The van der Waals surface area contributed by atoms with Gasteiger partial charge in [-0.05, 0) is 38.0 Å². The minimum atomic E-state index is -0.0324. The van der Waals surface area contributed by atoms with Gasteiger partial charge >= 0.3 is 0 Å². The smallest absolute Gasteiger partial charge is 0.268 e. The van der Waals surface area contributed by atoms with Crippen molar-refractivity contribution >= 4 is 39.1 Å². The molecule has 3 heterocycles. The Kier molecular flexibility index (Phi) is 4.13. The fourth-order valence-electron chi connectivity index (χ4n) is 2.90. The molecule has 25 heavy (non-hydrogen) atoms. The Bertz CT molecular complexity index is 1130. The van der Waals surface area contributed by atoms with Crippen molar-refractivity contribution in [3.05, 3.63) is 51.1 Å². The third-order valence-corrected chi connectivity index (χ3v) is 6.58. The molecule has 0 aliphatic heterocycles. The predicted octanol–water partition coefficient (Wildman–Crippen LogP) is 4.21. The van der Waals surface area contributed by atoms with E-state index in [9.17, 15) is 4.79 Å². The van der Waals surface area contributed by atoms with Crippen LogP contribution in [-0.2, 0) is 0 Å². The van der Waals surface area contributed by atoms with Crippen LogP contribution in [0.2, 0.25) is 0 Å². The second kappa shape index (κ2) is 6.31. The topological polar surface area (TPSA) is 52.2 Å². The molecular formula is C18H18N4OS2. The van der Waals surface area contributed by atoms with Crippen LogP contribution in [0.5, 0.6) is 0 Å². The van der Waals surface area contributed by atoms with Crippen LogP contribution in [0.3, 0.4) is 0 Å². The molecule has 0 unspecified atom stereocenters. The summed E-state index contributed by atoms with van der Waals surface area (Å²) >= 11 is 3.31. The summed E-state index contributed by atoms with van der Waals surface area (Å²) in [5.41, 5.74) is 1.81. The molecule has 0 fully saturated rings. The lowest BCUT2D eigenvalue weighted by atomic mass is 10.2. The summed E-state index contributed by atoms with van der Waals surface area (Å²) < 4.78 is 3.71. The van der Waals surface area contributed by atoms with Gasteiger partial charge < -0.3 is 0 Å². The van der Waals surface area contributed by atoms with Gasteiger partial charge in [-0.3, -0.25) is 4.79 Å². The fourth-order valence-corrected chi connectivity index (χ4v) is 4.89.